The average molecular weight is 456 g/mol. The van der Waals surface area contributed by atoms with Crippen molar-refractivity contribution in [3.05, 3.63) is 61.1 Å². The van der Waals surface area contributed by atoms with Crippen molar-refractivity contribution in [3.8, 4) is 0 Å². The topological polar surface area (TPSA) is 37.4 Å². The van der Waals surface area contributed by atoms with Crippen molar-refractivity contribution in [2.24, 2.45) is 0 Å². The van der Waals surface area contributed by atoms with Crippen molar-refractivity contribution in [2.45, 2.75) is 6.42 Å². The van der Waals surface area contributed by atoms with Gasteiger partial charge in [-0.25, -0.2) is 0 Å². The third kappa shape index (κ3) is 2.64. The first-order valence-electron chi connectivity index (χ1n) is 6.36. The Kier molecular flexibility index (Phi) is 3.88. The summed E-state index contributed by atoms with van der Waals surface area (Å²) in [6.07, 6.45) is 0.362. The molecule has 0 aliphatic carbocycles. The van der Waals surface area contributed by atoms with Crippen molar-refractivity contribution in [1.29, 1.82) is 0 Å². The van der Waals surface area contributed by atoms with E-state index in [0.717, 1.165) is 19.3 Å². The number of hydrogen-bond acceptors (Lipinski definition) is 2. The highest BCUT2D eigenvalue weighted by Crippen LogP contribution is 2.30. The molecule has 1 heterocycles. The van der Waals surface area contributed by atoms with Gasteiger partial charge in [-0.15, -0.1) is 0 Å². The predicted octanol–water partition coefficient (Wildman–Crippen LogP) is 3.80. The Balaban J connectivity index is 2.02. The first kappa shape index (κ1) is 14.7. The number of anilines is 1. The molecule has 0 saturated carbocycles. The summed E-state index contributed by atoms with van der Waals surface area (Å²) in [6.45, 7) is 0. The van der Waals surface area contributed by atoms with Gasteiger partial charge in [-0.3, -0.25) is 9.59 Å². The van der Waals surface area contributed by atoms with Crippen LogP contribution in [-0.4, -0.2) is 18.7 Å². The number of rotatable bonds is 2. The largest absolute Gasteiger partial charge is 0.315 e. The summed E-state index contributed by atoms with van der Waals surface area (Å²) < 4.78 is 1.79. The Morgan fingerprint density at radius 2 is 2.00 bits per heavy atom. The second-order valence-electron chi connectivity index (χ2n) is 4.93. The molecular formula is C16H11BrINO2. The van der Waals surface area contributed by atoms with Crippen molar-refractivity contribution < 1.29 is 9.59 Å². The predicted molar refractivity (Wildman–Crippen MR) is 93.8 cm³/mol. The normalized spacial score (nSPS) is 13.5. The fourth-order valence-electron chi connectivity index (χ4n) is 2.44. The lowest BCUT2D eigenvalue weighted by atomic mass is 10.0. The van der Waals surface area contributed by atoms with Gasteiger partial charge in [0.1, 0.15) is 0 Å². The van der Waals surface area contributed by atoms with E-state index in [2.05, 4.69) is 38.5 Å². The van der Waals surface area contributed by atoms with Crippen LogP contribution in [0, 0.1) is 3.57 Å². The molecule has 0 fully saturated rings. The Bertz CT molecular complexity index is 773. The molecule has 0 N–H and O–H groups in total. The fourth-order valence-corrected chi connectivity index (χ4v) is 3.36. The Morgan fingerprint density at radius 1 is 1.24 bits per heavy atom. The maximum absolute atomic E-state index is 12.7. The van der Waals surface area contributed by atoms with Crippen LogP contribution in [0.1, 0.15) is 21.5 Å². The monoisotopic (exact) mass is 455 g/mol. The number of fused-ring (bicyclic) bond motifs is 1. The molecule has 0 bridgehead atoms. The zero-order valence-corrected chi connectivity index (χ0v) is 14.9. The number of benzene rings is 2. The van der Waals surface area contributed by atoms with Gasteiger partial charge in [-0.05, 0) is 64.6 Å². The first-order valence-corrected chi connectivity index (χ1v) is 8.24. The van der Waals surface area contributed by atoms with Gasteiger partial charge in [0.15, 0.2) is 5.78 Å². The maximum atomic E-state index is 12.7. The number of halogens is 2. The van der Waals surface area contributed by atoms with Crippen LogP contribution in [-0.2, 0) is 11.2 Å². The second kappa shape index (κ2) is 5.53. The summed E-state index contributed by atoms with van der Waals surface area (Å²) in [4.78, 5) is 26.0. The molecule has 0 radical (unpaired) electrons. The zero-order chi connectivity index (χ0) is 15.1. The second-order valence-corrected chi connectivity index (χ2v) is 7.03. The number of hydrogen-bond donors (Lipinski definition) is 0. The molecule has 0 aromatic heterocycles. The van der Waals surface area contributed by atoms with Crippen LogP contribution in [0.3, 0.4) is 0 Å². The number of carbonyl (C=O) groups is 2. The van der Waals surface area contributed by atoms with Crippen LogP contribution >= 0.6 is 38.5 Å². The van der Waals surface area contributed by atoms with E-state index in [9.17, 15) is 9.59 Å². The maximum Gasteiger partial charge on any atom is 0.231 e. The summed E-state index contributed by atoms with van der Waals surface area (Å²) in [5.41, 5.74) is 3.05. The molecule has 0 unspecified atom stereocenters. The highest BCUT2D eigenvalue weighted by molar-refractivity contribution is 14.1. The lowest BCUT2D eigenvalue weighted by Gasteiger charge is -2.10. The van der Waals surface area contributed by atoms with E-state index in [4.69, 9.17) is 0 Å². The summed E-state index contributed by atoms with van der Waals surface area (Å²) in [5.74, 6) is 0.0234. The number of carbonyl (C=O) groups excluding carboxylic acids is 2. The SMILES string of the molecule is CN1C(=O)Cc2cc(C(=O)c3cc(I)ccc3Br)ccc21. The van der Waals surface area contributed by atoms with E-state index in [1.807, 2.05) is 30.3 Å². The van der Waals surface area contributed by atoms with E-state index in [0.29, 0.717) is 17.5 Å². The molecule has 3 nitrogen and oxygen atoms in total. The highest BCUT2D eigenvalue weighted by Gasteiger charge is 2.25. The van der Waals surface area contributed by atoms with Gasteiger partial charge >= 0.3 is 0 Å². The molecule has 0 saturated heterocycles. The third-order valence-corrected chi connectivity index (χ3v) is 4.95. The fraction of sp³-hybridized carbons (Fsp3) is 0.125. The van der Waals surface area contributed by atoms with Gasteiger partial charge in [-0.1, -0.05) is 15.9 Å². The molecule has 1 aliphatic rings. The van der Waals surface area contributed by atoms with Crippen LogP contribution in [0.4, 0.5) is 5.69 Å². The van der Waals surface area contributed by atoms with Gasteiger partial charge < -0.3 is 4.90 Å². The molecule has 1 aliphatic heterocycles. The van der Waals surface area contributed by atoms with E-state index in [-0.39, 0.29) is 11.7 Å². The van der Waals surface area contributed by atoms with Gasteiger partial charge in [0.25, 0.3) is 0 Å². The first-order chi connectivity index (χ1) is 9.97. The van der Waals surface area contributed by atoms with Crippen molar-refractivity contribution in [2.75, 3.05) is 11.9 Å². The molecule has 3 rings (SSSR count). The van der Waals surface area contributed by atoms with Gasteiger partial charge in [-0.2, -0.15) is 0 Å². The average Bonchev–Trinajstić information content (AvgIpc) is 2.75. The molecule has 0 spiro atoms. The van der Waals surface area contributed by atoms with Gasteiger partial charge in [0, 0.05) is 31.9 Å². The Labute approximate surface area is 144 Å². The highest BCUT2D eigenvalue weighted by atomic mass is 127. The minimum absolute atomic E-state index is 0.0369. The van der Waals surface area contributed by atoms with Crippen molar-refractivity contribution in [3.63, 3.8) is 0 Å². The van der Waals surface area contributed by atoms with Gasteiger partial charge in [0.05, 0.1) is 6.42 Å². The van der Waals surface area contributed by atoms with Crippen LogP contribution < -0.4 is 4.90 Å². The number of likely N-dealkylation sites (N-methyl/N-ethyl adjacent to an activating group) is 1. The van der Waals surface area contributed by atoms with Crippen molar-refractivity contribution in [1.82, 2.24) is 0 Å². The Hall–Kier alpha value is -1.21. The van der Waals surface area contributed by atoms with Crippen LogP contribution in [0.25, 0.3) is 0 Å². The number of nitrogens with zero attached hydrogens (tertiary/aromatic N) is 1. The van der Waals surface area contributed by atoms with Crippen LogP contribution in [0.5, 0.6) is 0 Å². The standard InChI is InChI=1S/C16H11BrINO2/c1-19-14-5-2-9(6-10(14)7-15(19)20)16(21)12-8-11(18)3-4-13(12)17/h2-6,8H,7H2,1H3. The summed E-state index contributed by atoms with van der Waals surface area (Å²) >= 11 is 5.61. The lowest BCUT2D eigenvalue weighted by Crippen LogP contribution is -2.20. The van der Waals surface area contributed by atoms with E-state index < -0.39 is 0 Å². The molecule has 2 aromatic rings. The minimum Gasteiger partial charge on any atom is -0.315 e. The molecule has 5 heteroatoms. The number of ketones is 1. The lowest BCUT2D eigenvalue weighted by molar-refractivity contribution is -0.117. The summed E-state index contributed by atoms with van der Waals surface area (Å²) in [6, 6.07) is 11.1. The van der Waals surface area contributed by atoms with Crippen molar-refractivity contribution >= 4 is 55.9 Å². The molecule has 106 valence electrons. The molecular weight excluding hydrogens is 445 g/mol. The molecule has 2 aromatic carbocycles. The van der Waals surface area contributed by atoms with E-state index in [1.54, 1.807) is 18.0 Å². The van der Waals surface area contributed by atoms with Crippen LogP contribution in [0.2, 0.25) is 0 Å². The van der Waals surface area contributed by atoms with E-state index >= 15 is 0 Å². The zero-order valence-electron chi connectivity index (χ0n) is 11.2. The summed E-state index contributed by atoms with van der Waals surface area (Å²) in [7, 11) is 1.76. The molecule has 0 atom stereocenters. The number of amides is 1. The van der Waals surface area contributed by atoms with Crippen LogP contribution in [0.15, 0.2) is 40.9 Å². The Morgan fingerprint density at radius 3 is 2.76 bits per heavy atom. The summed E-state index contributed by atoms with van der Waals surface area (Å²) in [5, 5.41) is 0. The quantitative estimate of drug-likeness (QED) is 0.510. The van der Waals surface area contributed by atoms with E-state index in [1.165, 1.54) is 0 Å². The third-order valence-electron chi connectivity index (χ3n) is 3.59. The smallest absolute Gasteiger partial charge is 0.231 e. The molecule has 1 amide bonds. The van der Waals surface area contributed by atoms with Gasteiger partial charge in [0.2, 0.25) is 5.91 Å². The molecule has 21 heavy (non-hydrogen) atoms. The minimum atomic E-state index is -0.0369.